The Labute approximate surface area is 351 Å². The lowest BCUT2D eigenvalue weighted by Gasteiger charge is -2.29. The number of ether oxygens (including phenoxy) is 1. The number of carboxylic acid groups (broad SMARTS) is 1. The number of carbonyl (C=O) groups is 5. The van der Waals surface area contributed by atoms with E-state index in [1.165, 1.54) is 12.0 Å². The van der Waals surface area contributed by atoms with E-state index in [1.54, 1.807) is 41.6 Å². The van der Waals surface area contributed by atoms with Gasteiger partial charge < -0.3 is 40.2 Å². The number of hydrogen-bond acceptors (Lipinski definition) is 8. The molecule has 2 aliphatic heterocycles. The van der Waals surface area contributed by atoms with E-state index in [4.69, 9.17) is 4.74 Å². The lowest BCUT2D eigenvalue weighted by Crippen LogP contribution is -2.50. The van der Waals surface area contributed by atoms with Crippen LogP contribution in [0.3, 0.4) is 0 Å². The number of rotatable bonds is 11. The van der Waals surface area contributed by atoms with Crippen LogP contribution in [0.2, 0.25) is 0 Å². The summed E-state index contributed by atoms with van der Waals surface area (Å²) in [6.07, 6.45) is 3.13. The number of H-pyrrole nitrogens is 2. The SMILES string of the molecule is COC(=O)NC(C(=O)N1CC(=O)CC1c1ncc(-c2ccc3cc(-c4ccc(-c5cnc(C6CCCN6C(=O)C(NC(=O)O)C(C)C)[nH]5)cc4)ccc3c2)[nH]1)c1ccccc1. The van der Waals surface area contributed by atoms with Crippen LogP contribution in [0.1, 0.15) is 68.4 Å². The number of amides is 4. The molecule has 0 saturated carbocycles. The van der Waals surface area contributed by atoms with Gasteiger partial charge in [-0.3, -0.25) is 14.4 Å². The van der Waals surface area contributed by atoms with Crippen LogP contribution in [0.4, 0.5) is 9.59 Å². The third-order valence-corrected chi connectivity index (χ3v) is 11.5. The summed E-state index contributed by atoms with van der Waals surface area (Å²) in [7, 11) is 1.23. The minimum atomic E-state index is -1.22. The number of Topliss-reactive ketones (excluding diaryl/α,β-unsaturated/α-hetero) is 1. The Morgan fingerprint density at radius 3 is 2.02 bits per heavy atom. The Morgan fingerprint density at radius 2 is 1.36 bits per heavy atom. The Hall–Kier alpha value is -7.29. The second kappa shape index (κ2) is 17.1. The van der Waals surface area contributed by atoms with E-state index < -0.39 is 36.2 Å². The summed E-state index contributed by atoms with van der Waals surface area (Å²) < 4.78 is 4.79. The van der Waals surface area contributed by atoms with Gasteiger partial charge in [-0.1, -0.05) is 92.7 Å². The maximum absolute atomic E-state index is 13.9. The molecule has 0 radical (unpaired) electrons. The molecule has 2 fully saturated rings. The van der Waals surface area contributed by atoms with Gasteiger partial charge >= 0.3 is 12.2 Å². The van der Waals surface area contributed by atoms with E-state index in [9.17, 15) is 29.1 Å². The van der Waals surface area contributed by atoms with Gasteiger partial charge in [0.05, 0.1) is 49.5 Å². The summed E-state index contributed by atoms with van der Waals surface area (Å²) in [6.45, 7) is 4.09. The molecule has 2 aliphatic rings. The molecule has 0 bridgehead atoms. The molecule has 6 aromatic rings. The zero-order chi connectivity index (χ0) is 42.8. The molecule has 15 heteroatoms. The number of likely N-dealkylation sites (tertiary alicyclic amines) is 2. The highest BCUT2D eigenvalue weighted by Crippen LogP contribution is 2.36. The zero-order valence-corrected chi connectivity index (χ0v) is 33.9. The van der Waals surface area contributed by atoms with Crippen molar-refractivity contribution in [2.24, 2.45) is 5.92 Å². The first-order chi connectivity index (χ1) is 29.5. The van der Waals surface area contributed by atoms with Gasteiger partial charge in [0, 0.05) is 18.5 Å². The van der Waals surface area contributed by atoms with Crippen molar-refractivity contribution < 1.29 is 33.8 Å². The predicted molar refractivity (Wildman–Crippen MR) is 227 cm³/mol. The van der Waals surface area contributed by atoms with Crippen LogP contribution in [0.25, 0.3) is 44.4 Å². The third kappa shape index (κ3) is 8.44. The highest BCUT2D eigenvalue weighted by Gasteiger charge is 2.41. The van der Waals surface area contributed by atoms with Crippen molar-refractivity contribution in [2.75, 3.05) is 20.2 Å². The first-order valence-corrected chi connectivity index (χ1v) is 20.2. The number of nitrogens with one attached hydrogen (secondary N) is 4. The summed E-state index contributed by atoms with van der Waals surface area (Å²) >= 11 is 0. The fourth-order valence-electron chi connectivity index (χ4n) is 8.32. The number of aromatic nitrogens is 4. The summed E-state index contributed by atoms with van der Waals surface area (Å²) in [5, 5.41) is 16.4. The van der Waals surface area contributed by atoms with Crippen LogP contribution in [0.5, 0.6) is 0 Å². The summed E-state index contributed by atoms with van der Waals surface area (Å²) in [6, 6.07) is 26.6. The Kier molecular flexibility index (Phi) is 11.4. The van der Waals surface area contributed by atoms with Crippen LogP contribution in [0.15, 0.2) is 103 Å². The van der Waals surface area contributed by atoms with E-state index in [-0.39, 0.29) is 36.6 Å². The van der Waals surface area contributed by atoms with Crippen LogP contribution >= 0.6 is 0 Å². The van der Waals surface area contributed by atoms with Crippen LogP contribution in [0, 0.1) is 5.92 Å². The normalized spacial score (nSPS) is 17.4. The van der Waals surface area contributed by atoms with Crippen molar-refractivity contribution in [3.05, 3.63) is 121 Å². The molecular weight excluding hydrogens is 777 g/mol. The Balaban J connectivity index is 0.957. The molecule has 4 aromatic carbocycles. The molecule has 8 rings (SSSR count). The molecule has 4 heterocycles. The average Bonchev–Trinajstić information content (AvgIpc) is 4.11. The lowest BCUT2D eigenvalue weighted by atomic mass is 9.98. The second-order valence-corrected chi connectivity index (χ2v) is 15.8. The van der Waals surface area contributed by atoms with E-state index in [0.717, 1.165) is 57.3 Å². The predicted octanol–water partition coefficient (Wildman–Crippen LogP) is 7.18. The van der Waals surface area contributed by atoms with Crippen molar-refractivity contribution in [1.29, 1.82) is 0 Å². The highest BCUT2D eigenvalue weighted by molar-refractivity contribution is 5.94. The quantitative estimate of drug-likeness (QED) is 0.0897. The number of benzene rings is 4. The van der Waals surface area contributed by atoms with Crippen LogP contribution in [-0.2, 0) is 19.1 Å². The molecule has 2 aromatic heterocycles. The van der Waals surface area contributed by atoms with Gasteiger partial charge in [0.1, 0.15) is 23.7 Å². The molecule has 0 spiro atoms. The average molecular weight is 823 g/mol. The van der Waals surface area contributed by atoms with E-state index >= 15 is 0 Å². The van der Waals surface area contributed by atoms with Crippen molar-refractivity contribution in [3.8, 4) is 33.6 Å². The third-order valence-electron chi connectivity index (χ3n) is 11.5. The second-order valence-electron chi connectivity index (χ2n) is 15.8. The fraction of sp³-hybridized carbons (Fsp3) is 0.283. The molecule has 4 unspecified atom stereocenters. The maximum Gasteiger partial charge on any atom is 0.407 e. The summed E-state index contributed by atoms with van der Waals surface area (Å²) in [4.78, 5) is 82.9. The van der Waals surface area contributed by atoms with Gasteiger partial charge in [0.15, 0.2) is 5.78 Å². The monoisotopic (exact) mass is 822 g/mol. The fourth-order valence-corrected chi connectivity index (χ4v) is 8.32. The molecule has 4 atom stereocenters. The van der Waals surface area contributed by atoms with Crippen molar-refractivity contribution in [1.82, 2.24) is 40.4 Å². The van der Waals surface area contributed by atoms with Gasteiger partial charge in [0.25, 0.3) is 5.91 Å². The topological polar surface area (TPSA) is 203 Å². The zero-order valence-electron chi connectivity index (χ0n) is 33.9. The first kappa shape index (κ1) is 40.5. The van der Waals surface area contributed by atoms with Gasteiger partial charge in [-0.2, -0.15) is 0 Å². The molecule has 0 aliphatic carbocycles. The van der Waals surface area contributed by atoms with Gasteiger partial charge in [-0.05, 0) is 63.9 Å². The van der Waals surface area contributed by atoms with Crippen LogP contribution in [-0.4, -0.2) is 90.9 Å². The minimum Gasteiger partial charge on any atom is -0.465 e. The smallest absolute Gasteiger partial charge is 0.407 e. The van der Waals surface area contributed by atoms with E-state index in [1.807, 2.05) is 44.2 Å². The number of nitrogens with zero attached hydrogens (tertiary/aromatic N) is 4. The Bertz CT molecular complexity index is 2600. The van der Waals surface area contributed by atoms with Crippen molar-refractivity contribution in [3.63, 3.8) is 0 Å². The molecule has 15 nitrogen and oxygen atoms in total. The number of ketones is 1. The number of fused-ring (bicyclic) bond motifs is 1. The lowest BCUT2D eigenvalue weighted by molar-refractivity contribution is -0.136. The number of methoxy groups -OCH3 is 1. The number of alkyl carbamates (subject to hydrolysis) is 1. The van der Waals surface area contributed by atoms with E-state index in [0.29, 0.717) is 23.8 Å². The Morgan fingerprint density at radius 1 is 0.754 bits per heavy atom. The summed E-state index contributed by atoms with van der Waals surface area (Å²) in [5.74, 6) is 0.169. The summed E-state index contributed by atoms with van der Waals surface area (Å²) in [5.41, 5.74) is 6.03. The number of aromatic amines is 2. The standard InChI is InChI=1S/C46H46N8O7/c1-26(2)39(51-45(58)59)43(56)53-19-7-10-37(53)41-47-23-35(49-41)28-13-11-27(12-14-28)30-15-16-32-21-33(18-17-31(32)20-30)36-24-48-42(50-36)38-22-34(55)25-54(38)44(57)40(52-46(60)61-3)29-8-5-4-6-9-29/h4-6,8-9,11-18,20-21,23-24,26,37-40,51H,7,10,19,22,25H2,1-3H3,(H,47,49)(H,48,50)(H,52,60)(H,58,59). The highest BCUT2D eigenvalue weighted by atomic mass is 16.5. The molecular formula is C46H46N8O7. The number of carbonyl (C=O) groups excluding carboxylic acids is 4. The molecule has 61 heavy (non-hydrogen) atoms. The first-order valence-electron chi connectivity index (χ1n) is 20.2. The maximum atomic E-state index is 13.9. The molecule has 4 amide bonds. The van der Waals surface area contributed by atoms with E-state index in [2.05, 4.69) is 67.0 Å². The van der Waals surface area contributed by atoms with Crippen molar-refractivity contribution >= 4 is 40.6 Å². The number of hydrogen-bond donors (Lipinski definition) is 5. The minimum absolute atomic E-state index is 0.0960. The number of imidazole rings is 2. The van der Waals surface area contributed by atoms with Crippen molar-refractivity contribution in [2.45, 2.75) is 57.3 Å². The van der Waals surface area contributed by atoms with Gasteiger partial charge in [-0.25, -0.2) is 19.6 Å². The van der Waals surface area contributed by atoms with Gasteiger partial charge in [0.2, 0.25) is 5.91 Å². The molecule has 312 valence electrons. The molecule has 2 saturated heterocycles. The van der Waals surface area contributed by atoms with Crippen LogP contribution < -0.4 is 10.6 Å². The largest absolute Gasteiger partial charge is 0.465 e. The molecule has 5 N–H and O–H groups in total. The van der Waals surface area contributed by atoms with Gasteiger partial charge in [-0.15, -0.1) is 0 Å².